The first-order valence-corrected chi connectivity index (χ1v) is 11.3. The summed E-state index contributed by atoms with van der Waals surface area (Å²) in [4.78, 5) is 23.9. The molecule has 0 spiro atoms. The highest BCUT2D eigenvalue weighted by molar-refractivity contribution is 7.99. The molecule has 2 aliphatic rings. The number of methoxy groups -OCH3 is 1. The normalized spacial score (nSPS) is 18.2. The zero-order valence-corrected chi connectivity index (χ0v) is 18.8. The Bertz CT molecular complexity index is 1040. The Balaban J connectivity index is 2.09. The van der Waals surface area contributed by atoms with Gasteiger partial charge in [-0.05, 0) is 44.4 Å². The number of amides is 1. The molecule has 0 fully saturated rings. The molecule has 1 amide bonds. The van der Waals surface area contributed by atoms with Gasteiger partial charge >= 0.3 is 0 Å². The van der Waals surface area contributed by atoms with Crippen LogP contribution >= 0.6 is 0 Å². The van der Waals surface area contributed by atoms with Crippen LogP contribution in [0.25, 0.3) is 4.91 Å². The van der Waals surface area contributed by atoms with Crippen molar-refractivity contribution >= 4 is 26.6 Å². The van der Waals surface area contributed by atoms with E-state index in [9.17, 15) is 18.0 Å². The lowest BCUT2D eigenvalue weighted by Crippen LogP contribution is -2.45. The molecule has 3 rings (SSSR count). The first-order chi connectivity index (χ1) is 14.5. The minimum Gasteiger partial charge on any atom is -0.467 e. The summed E-state index contributed by atoms with van der Waals surface area (Å²) in [6.45, 7) is 5.00. The lowest BCUT2D eigenvalue weighted by Gasteiger charge is -2.31. The predicted octanol–water partition coefficient (Wildman–Crippen LogP) is 2.19. The molecule has 1 heterocycles. The SMILES string of the molecule is COCCOCOc1cc2c(c(F)c1C1=CC(=O)N(C(C)(C)C)S1(=O)=O)CC(=O)CC2. The Kier molecular flexibility index (Phi) is 6.54. The average molecular weight is 456 g/mol. The predicted molar refractivity (Wildman–Crippen MR) is 110 cm³/mol. The van der Waals surface area contributed by atoms with E-state index in [-0.39, 0.29) is 48.9 Å². The van der Waals surface area contributed by atoms with E-state index in [0.29, 0.717) is 18.6 Å². The molecule has 0 bridgehead atoms. The van der Waals surface area contributed by atoms with Crippen LogP contribution in [0.15, 0.2) is 12.1 Å². The van der Waals surface area contributed by atoms with E-state index in [1.54, 1.807) is 20.8 Å². The van der Waals surface area contributed by atoms with Gasteiger partial charge in [0.25, 0.3) is 15.9 Å². The number of Topliss-reactive ketones (excluding diaryl/α,β-unsaturated/α-hetero) is 1. The summed E-state index contributed by atoms with van der Waals surface area (Å²) in [5, 5.41) is 0. The lowest BCUT2D eigenvalue weighted by atomic mass is 9.88. The number of hydrogen-bond acceptors (Lipinski definition) is 7. The van der Waals surface area contributed by atoms with Crippen molar-refractivity contribution in [3.8, 4) is 5.75 Å². The summed E-state index contributed by atoms with van der Waals surface area (Å²) in [6, 6.07) is 1.53. The summed E-state index contributed by atoms with van der Waals surface area (Å²) in [5.41, 5.74) is -0.692. The van der Waals surface area contributed by atoms with Crippen molar-refractivity contribution in [3.05, 3.63) is 34.6 Å². The quantitative estimate of drug-likeness (QED) is 0.459. The minimum absolute atomic E-state index is 0.0543. The van der Waals surface area contributed by atoms with E-state index < -0.39 is 32.2 Å². The maximum Gasteiger partial charge on any atom is 0.268 e. The van der Waals surface area contributed by atoms with Gasteiger partial charge in [-0.25, -0.2) is 17.1 Å². The van der Waals surface area contributed by atoms with Crippen LogP contribution < -0.4 is 4.74 Å². The fourth-order valence-corrected chi connectivity index (χ4v) is 5.60. The number of ketones is 1. The van der Waals surface area contributed by atoms with Crippen LogP contribution in [0.4, 0.5) is 4.39 Å². The first kappa shape index (κ1) is 23.4. The number of fused-ring (bicyclic) bond motifs is 1. The van der Waals surface area contributed by atoms with Crippen LogP contribution in [0.2, 0.25) is 0 Å². The van der Waals surface area contributed by atoms with Gasteiger partial charge in [0.1, 0.15) is 22.3 Å². The molecule has 8 nitrogen and oxygen atoms in total. The van der Waals surface area contributed by atoms with E-state index in [4.69, 9.17) is 14.2 Å². The molecule has 1 aliphatic carbocycles. The largest absolute Gasteiger partial charge is 0.467 e. The number of carbonyl (C=O) groups excluding carboxylic acids is 2. The maximum absolute atomic E-state index is 15.6. The smallest absolute Gasteiger partial charge is 0.268 e. The molecule has 0 radical (unpaired) electrons. The number of hydrogen-bond donors (Lipinski definition) is 0. The molecule has 0 atom stereocenters. The molecule has 0 saturated carbocycles. The van der Waals surface area contributed by atoms with Gasteiger partial charge in [0.15, 0.2) is 6.79 Å². The molecule has 0 aromatic heterocycles. The molecule has 10 heteroatoms. The van der Waals surface area contributed by atoms with Crippen LogP contribution in [0.5, 0.6) is 5.75 Å². The van der Waals surface area contributed by atoms with Gasteiger partial charge in [-0.1, -0.05) is 0 Å². The highest BCUT2D eigenvalue weighted by Gasteiger charge is 2.46. The maximum atomic E-state index is 15.6. The third kappa shape index (κ3) is 4.51. The van der Waals surface area contributed by atoms with Crippen molar-refractivity contribution in [2.24, 2.45) is 0 Å². The Morgan fingerprint density at radius 3 is 2.48 bits per heavy atom. The summed E-state index contributed by atoms with van der Waals surface area (Å²) < 4.78 is 58.5. The second-order valence-corrected chi connectivity index (χ2v) is 10.1. The number of benzene rings is 1. The first-order valence-electron chi connectivity index (χ1n) is 9.85. The van der Waals surface area contributed by atoms with Gasteiger partial charge in [-0.15, -0.1) is 0 Å². The fourth-order valence-electron chi connectivity index (χ4n) is 3.70. The number of aryl methyl sites for hydroxylation is 1. The zero-order valence-electron chi connectivity index (χ0n) is 18.0. The summed E-state index contributed by atoms with van der Waals surface area (Å²) in [7, 11) is -2.82. The van der Waals surface area contributed by atoms with Crippen LogP contribution in [-0.4, -0.2) is 57.1 Å². The van der Waals surface area contributed by atoms with Crippen molar-refractivity contribution in [3.63, 3.8) is 0 Å². The molecular weight excluding hydrogens is 429 g/mol. The van der Waals surface area contributed by atoms with Crippen molar-refractivity contribution in [2.75, 3.05) is 27.1 Å². The molecule has 170 valence electrons. The molecule has 0 N–H and O–H groups in total. The Morgan fingerprint density at radius 1 is 1.16 bits per heavy atom. The van der Waals surface area contributed by atoms with Crippen molar-refractivity contribution in [1.82, 2.24) is 4.31 Å². The molecule has 1 aliphatic heterocycles. The van der Waals surface area contributed by atoms with Gasteiger partial charge in [0, 0.05) is 26.0 Å². The topological polar surface area (TPSA) is 99.2 Å². The molecule has 0 saturated heterocycles. The Hall–Kier alpha value is -2.30. The van der Waals surface area contributed by atoms with Crippen LogP contribution in [-0.2, 0) is 41.9 Å². The molecular formula is C21H26FNO7S. The monoisotopic (exact) mass is 455 g/mol. The van der Waals surface area contributed by atoms with Crippen LogP contribution in [0.1, 0.15) is 43.9 Å². The van der Waals surface area contributed by atoms with E-state index in [2.05, 4.69) is 0 Å². The fraction of sp³-hybridized carbons (Fsp3) is 0.524. The van der Waals surface area contributed by atoms with Crippen molar-refractivity contribution in [2.45, 2.75) is 45.6 Å². The van der Waals surface area contributed by atoms with Crippen LogP contribution in [0.3, 0.4) is 0 Å². The highest BCUT2D eigenvalue weighted by atomic mass is 32.2. The summed E-state index contributed by atoms with van der Waals surface area (Å²) in [5.74, 6) is -1.82. The number of ether oxygens (including phenoxy) is 3. The number of carbonyl (C=O) groups is 2. The van der Waals surface area contributed by atoms with Gasteiger partial charge < -0.3 is 14.2 Å². The number of sulfonamides is 1. The minimum atomic E-state index is -4.33. The summed E-state index contributed by atoms with van der Waals surface area (Å²) >= 11 is 0. The average Bonchev–Trinajstić information content (AvgIpc) is 2.90. The summed E-state index contributed by atoms with van der Waals surface area (Å²) in [6.07, 6.45) is 1.36. The standard InChI is InChI=1S/C21H26FNO7S/c1-21(2,3)23-18(25)11-17(31(23,26)27)19-16(30-12-29-8-7-28-4)9-13-5-6-14(24)10-15(13)20(19)22/h9,11H,5-8,10,12H2,1-4H3. The van der Waals surface area contributed by atoms with Crippen molar-refractivity contribution < 1.29 is 36.6 Å². The third-order valence-corrected chi connectivity index (χ3v) is 7.12. The van der Waals surface area contributed by atoms with Gasteiger partial charge in [0.05, 0.1) is 24.3 Å². The third-order valence-electron chi connectivity index (χ3n) is 5.03. The zero-order chi connectivity index (χ0) is 23.0. The van der Waals surface area contributed by atoms with Gasteiger partial charge in [0.2, 0.25) is 0 Å². The van der Waals surface area contributed by atoms with Crippen LogP contribution in [0, 0.1) is 5.82 Å². The number of halogens is 1. The Labute approximate surface area is 181 Å². The number of rotatable bonds is 7. The van der Waals surface area contributed by atoms with E-state index in [1.165, 1.54) is 13.2 Å². The van der Waals surface area contributed by atoms with Crippen molar-refractivity contribution in [1.29, 1.82) is 0 Å². The molecule has 0 unspecified atom stereocenters. The van der Waals surface area contributed by atoms with Gasteiger partial charge in [-0.3, -0.25) is 9.59 Å². The second kappa shape index (κ2) is 8.68. The molecule has 1 aromatic rings. The second-order valence-electron chi connectivity index (χ2n) is 8.37. The van der Waals surface area contributed by atoms with E-state index in [1.807, 2.05) is 0 Å². The number of nitrogens with zero attached hydrogens (tertiary/aromatic N) is 1. The lowest BCUT2D eigenvalue weighted by molar-refractivity contribution is -0.124. The highest BCUT2D eigenvalue weighted by Crippen LogP contribution is 2.43. The molecule has 31 heavy (non-hydrogen) atoms. The Morgan fingerprint density at radius 2 is 1.87 bits per heavy atom. The molecule has 1 aromatic carbocycles. The van der Waals surface area contributed by atoms with Gasteiger partial charge in [-0.2, -0.15) is 0 Å². The van der Waals surface area contributed by atoms with E-state index >= 15 is 4.39 Å². The van der Waals surface area contributed by atoms with E-state index in [0.717, 1.165) is 10.4 Å².